The van der Waals surface area contributed by atoms with E-state index >= 15 is 0 Å². The highest BCUT2D eigenvalue weighted by atomic mass is 15.0. The van der Waals surface area contributed by atoms with E-state index in [9.17, 15) is 0 Å². The molecule has 0 atom stereocenters. The van der Waals surface area contributed by atoms with Gasteiger partial charge in [-0.1, -0.05) is 103 Å². The Labute approximate surface area is 310 Å². The van der Waals surface area contributed by atoms with Gasteiger partial charge in [-0.25, -0.2) is 9.97 Å². The zero-order chi connectivity index (χ0) is 35.3. The minimum Gasteiger partial charge on any atom is -0.309 e. The van der Waals surface area contributed by atoms with E-state index < -0.39 is 0 Å². The summed E-state index contributed by atoms with van der Waals surface area (Å²) in [6.45, 7) is 0. The molecule has 3 heterocycles. The second-order valence-electron chi connectivity index (χ2n) is 14.2. The SMILES string of the molecule is c1ccc(-n2c3ccccc3c3cc(-c4ccc5c(c4)c4cc(-c6nc7c8c(cccc8n6)-c6ccccc6-7)ccc4n5-c4ccccc4)ccc32)cc1. The number of fused-ring (bicyclic) bond motifs is 9. The third kappa shape index (κ3) is 4.13. The van der Waals surface area contributed by atoms with E-state index in [1.807, 2.05) is 0 Å². The maximum absolute atomic E-state index is 5.26. The van der Waals surface area contributed by atoms with Crippen molar-refractivity contribution in [3.05, 3.63) is 182 Å². The summed E-state index contributed by atoms with van der Waals surface area (Å²) in [6, 6.07) is 65.5. The molecule has 11 aromatic rings. The second kappa shape index (κ2) is 11.1. The highest BCUT2D eigenvalue weighted by Crippen LogP contribution is 2.46. The van der Waals surface area contributed by atoms with Crippen LogP contribution in [-0.2, 0) is 0 Å². The van der Waals surface area contributed by atoms with Crippen molar-refractivity contribution in [2.75, 3.05) is 0 Å². The molecule has 0 aliphatic heterocycles. The van der Waals surface area contributed by atoms with Crippen LogP contribution in [-0.4, -0.2) is 19.1 Å². The number of para-hydroxylation sites is 3. The molecule has 54 heavy (non-hydrogen) atoms. The third-order valence-electron chi connectivity index (χ3n) is 11.3. The number of benzene rings is 8. The molecule has 1 aliphatic carbocycles. The molecule has 0 saturated heterocycles. The molecule has 0 saturated carbocycles. The quantitative estimate of drug-likeness (QED) is 0.185. The maximum Gasteiger partial charge on any atom is 0.160 e. The van der Waals surface area contributed by atoms with Crippen LogP contribution in [0.5, 0.6) is 0 Å². The Morgan fingerprint density at radius 2 is 0.833 bits per heavy atom. The fraction of sp³-hybridized carbons (Fsp3) is 0. The van der Waals surface area contributed by atoms with Crippen molar-refractivity contribution in [3.8, 4) is 56.3 Å². The molecule has 0 fully saturated rings. The van der Waals surface area contributed by atoms with E-state index in [1.54, 1.807) is 0 Å². The summed E-state index contributed by atoms with van der Waals surface area (Å²) in [4.78, 5) is 10.4. The number of rotatable bonds is 4. The minimum absolute atomic E-state index is 0.741. The number of aromatic nitrogens is 4. The molecule has 0 unspecified atom stereocenters. The lowest BCUT2D eigenvalue weighted by Gasteiger charge is -2.09. The van der Waals surface area contributed by atoms with Crippen LogP contribution in [0.4, 0.5) is 0 Å². The molecule has 0 amide bonds. The molecular weight excluding hydrogens is 657 g/mol. The predicted molar refractivity (Wildman–Crippen MR) is 224 cm³/mol. The molecule has 0 spiro atoms. The van der Waals surface area contributed by atoms with Crippen molar-refractivity contribution in [1.82, 2.24) is 19.1 Å². The molecule has 4 heteroatoms. The Balaban J connectivity index is 1.07. The molecule has 0 bridgehead atoms. The van der Waals surface area contributed by atoms with Gasteiger partial charge in [0.05, 0.1) is 33.3 Å². The van der Waals surface area contributed by atoms with Crippen LogP contribution in [0, 0.1) is 0 Å². The lowest BCUT2D eigenvalue weighted by molar-refractivity contribution is 1.18. The van der Waals surface area contributed by atoms with Gasteiger partial charge >= 0.3 is 0 Å². The van der Waals surface area contributed by atoms with E-state index in [4.69, 9.17) is 9.97 Å². The summed E-state index contributed by atoms with van der Waals surface area (Å²) in [7, 11) is 0. The fourth-order valence-electron chi connectivity index (χ4n) is 8.86. The highest BCUT2D eigenvalue weighted by Gasteiger charge is 2.24. The zero-order valence-corrected chi connectivity index (χ0v) is 29.1. The van der Waals surface area contributed by atoms with Crippen molar-refractivity contribution in [1.29, 1.82) is 0 Å². The number of hydrogen-bond acceptors (Lipinski definition) is 2. The van der Waals surface area contributed by atoms with E-state index in [1.165, 1.54) is 60.4 Å². The van der Waals surface area contributed by atoms with Gasteiger partial charge in [0.2, 0.25) is 0 Å². The average molecular weight is 687 g/mol. The molecule has 250 valence electrons. The van der Waals surface area contributed by atoms with Crippen LogP contribution < -0.4 is 0 Å². The van der Waals surface area contributed by atoms with Crippen molar-refractivity contribution in [2.24, 2.45) is 0 Å². The summed E-state index contributed by atoms with van der Waals surface area (Å²) >= 11 is 0. The van der Waals surface area contributed by atoms with Crippen LogP contribution in [0.3, 0.4) is 0 Å². The molecule has 8 aromatic carbocycles. The van der Waals surface area contributed by atoms with E-state index in [-0.39, 0.29) is 0 Å². The molecule has 1 aliphatic rings. The minimum atomic E-state index is 0.741. The van der Waals surface area contributed by atoms with Crippen LogP contribution >= 0.6 is 0 Å². The molecular formula is C50H30N4. The zero-order valence-electron chi connectivity index (χ0n) is 29.1. The lowest BCUT2D eigenvalue weighted by atomic mass is 10.00. The predicted octanol–water partition coefficient (Wildman–Crippen LogP) is 12.8. The van der Waals surface area contributed by atoms with Crippen LogP contribution in [0.25, 0.3) is 111 Å². The van der Waals surface area contributed by atoms with Crippen LogP contribution in [0.15, 0.2) is 182 Å². The Kier molecular flexibility index (Phi) is 6.02. The molecule has 0 radical (unpaired) electrons. The van der Waals surface area contributed by atoms with Gasteiger partial charge in [0, 0.05) is 49.4 Å². The summed E-state index contributed by atoms with van der Waals surface area (Å²) < 4.78 is 4.74. The highest BCUT2D eigenvalue weighted by molar-refractivity contribution is 6.15. The van der Waals surface area contributed by atoms with Gasteiger partial charge in [0.1, 0.15) is 0 Å². The molecule has 0 N–H and O–H groups in total. The first-order chi connectivity index (χ1) is 26.8. The maximum atomic E-state index is 5.26. The van der Waals surface area contributed by atoms with Gasteiger partial charge in [-0.05, 0) is 101 Å². The standard InChI is InChI=1S/C50H30N4/c1-3-12-34(13-4-1)53-44-21-10-9-17-37(44)40-28-31(22-25-45(40)53)32-23-26-46-41(29-32)42-30-33(24-27-47(42)54(46)35-14-5-2-6-15-35)50-51-43-20-11-19-38-36-16-7-8-18-39(36)49(52-50)48(38)43/h1-30H. The first-order valence-corrected chi connectivity index (χ1v) is 18.4. The van der Waals surface area contributed by atoms with E-state index in [0.717, 1.165) is 50.4 Å². The Hall–Kier alpha value is -7.30. The summed E-state index contributed by atoms with van der Waals surface area (Å²) in [5.41, 5.74) is 16.0. The smallest absolute Gasteiger partial charge is 0.160 e. The van der Waals surface area contributed by atoms with Gasteiger partial charge in [-0.15, -0.1) is 0 Å². The second-order valence-corrected chi connectivity index (χ2v) is 14.2. The van der Waals surface area contributed by atoms with E-state index in [0.29, 0.717) is 0 Å². The number of nitrogens with zero attached hydrogens (tertiary/aromatic N) is 4. The van der Waals surface area contributed by atoms with Gasteiger partial charge in [0.25, 0.3) is 0 Å². The van der Waals surface area contributed by atoms with Crippen molar-refractivity contribution in [3.63, 3.8) is 0 Å². The van der Waals surface area contributed by atoms with Gasteiger partial charge in [0.15, 0.2) is 5.82 Å². The Bertz CT molecular complexity index is 3320. The fourth-order valence-corrected chi connectivity index (χ4v) is 8.86. The molecule has 3 aromatic heterocycles. The van der Waals surface area contributed by atoms with Crippen molar-refractivity contribution < 1.29 is 0 Å². The topological polar surface area (TPSA) is 35.6 Å². The molecule has 12 rings (SSSR count). The lowest BCUT2D eigenvalue weighted by Crippen LogP contribution is -1.94. The van der Waals surface area contributed by atoms with Gasteiger partial charge < -0.3 is 9.13 Å². The van der Waals surface area contributed by atoms with Crippen molar-refractivity contribution in [2.45, 2.75) is 0 Å². The first kappa shape index (κ1) is 29.3. The monoisotopic (exact) mass is 686 g/mol. The van der Waals surface area contributed by atoms with Gasteiger partial charge in [-0.3, -0.25) is 0 Å². The third-order valence-corrected chi connectivity index (χ3v) is 11.3. The van der Waals surface area contributed by atoms with Crippen molar-refractivity contribution >= 4 is 54.5 Å². The van der Waals surface area contributed by atoms with E-state index in [2.05, 4.69) is 191 Å². The summed E-state index contributed by atoms with van der Waals surface area (Å²) in [6.07, 6.45) is 0. The Morgan fingerprint density at radius 1 is 0.333 bits per heavy atom. The van der Waals surface area contributed by atoms with Crippen LogP contribution in [0.2, 0.25) is 0 Å². The van der Waals surface area contributed by atoms with Gasteiger partial charge in [-0.2, -0.15) is 0 Å². The average Bonchev–Trinajstić information content (AvgIpc) is 3.87. The summed E-state index contributed by atoms with van der Waals surface area (Å²) in [5.74, 6) is 0.741. The Morgan fingerprint density at radius 3 is 1.50 bits per heavy atom. The largest absolute Gasteiger partial charge is 0.309 e. The molecule has 4 nitrogen and oxygen atoms in total. The van der Waals surface area contributed by atoms with Crippen LogP contribution in [0.1, 0.15) is 0 Å². The summed E-state index contributed by atoms with van der Waals surface area (Å²) in [5, 5.41) is 5.99. The normalized spacial score (nSPS) is 12.1. The first-order valence-electron chi connectivity index (χ1n) is 18.4. The number of hydrogen-bond donors (Lipinski definition) is 0.